The molecule has 0 radical (unpaired) electrons. The lowest BCUT2D eigenvalue weighted by Gasteiger charge is -2.17. The van der Waals surface area contributed by atoms with Gasteiger partial charge in [0, 0.05) is 5.69 Å². The standard InChI is InChI=1S/C10H12F4N2O3S/c1-19-7-3-2-6(15)4-8(7)20(17,18)16-5-10(13,14)9(11)12/h2-4,9,16H,5,15H2,1H3. The molecule has 20 heavy (non-hydrogen) atoms. The summed E-state index contributed by atoms with van der Waals surface area (Å²) >= 11 is 0. The number of benzene rings is 1. The van der Waals surface area contributed by atoms with E-state index in [0.29, 0.717) is 0 Å². The van der Waals surface area contributed by atoms with E-state index in [1.54, 1.807) is 0 Å². The molecule has 0 aliphatic rings. The second kappa shape index (κ2) is 5.83. The zero-order valence-electron chi connectivity index (χ0n) is 10.2. The zero-order valence-corrected chi connectivity index (χ0v) is 11.1. The molecular formula is C10H12F4N2O3S. The van der Waals surface area contributed by atoms with Crippen LogP contribution in [0.25, 0.3) is 0 Å². The van der Waals surface area contributed by atoms with Gasteiger partial charge >= 0.3 is 12.3 Å². The Morgan fingerprint density at radius 2 is 2.00 bits per heavy atom. The van der Waals surface area contributed by atoms with E-state index in [0.717, 1.165) is 13.2 Å². The molecule has 3 N–H and O–H groups in total. The van der Waals surface area contributed by atoms with Gasteiger partial charge in [0.25, 0.3) is 0 Å². The van der Waals surface area contributed by atoms with Gasteiger partial charge in [0.15, 0.2) is 0 Å². The molecule has 0 saturated carbocycles. The molecule has 1 aromatic rings. The SMILES string of the molecule is COc1ccc(N)cc1S(=O)(=O)NCC(F)(F)C(F)F. The van der Waals surface area contributed by atoms with Gasteiger partial charge in [0.1, 0.15) is 10.6 Å². The maximum Gasteiger partial charge on any atom is 0.320 e. The van der Waals surface area contributed by atoms with Gasteiger partial charge in [-0.2, -0.15) is 8.78 Å². The number of anilines is 1. The third-order valence-electron chi connectivity index (χ3n) is 2.29. The Labute approximate surface area is 112 Å². The van der Waals surface area contributed by atoms with Crippen LogP contribution >= 0.6 is 0 Å². The Balaban J connectivity index is 3.03. The lowest BCUT2D eigenvalue weighted by Crippen LogP contribution is -2.41. The number of methoxy groups -OCH3 is 1. The number of hydrogen-bond acceptors (Lipinski definition) is 4. The Morgan fingerprint density at radius 3 is 2.50 bits per heavy atom. The number of halogens is 4. The minimum Gasteiger partial charge on any atom is -0.495 e. The highest BCUT2D eigenvalue weighted by Crippen LogP contribution is 2.27. The Morgan fingerprint density at radius 1 is 1.40 bits per heavy atom. The molecule has 0 fully saturated rings. The molecule has 0 aliphatic carbocycles. The van der Waals surface area contributed by atoms with Gasteiger partial charge in [-0.15, -0.1) is 0 Å². The number of alkyl halides is 4. The number of nitrogen functional groups attached to an aromatic ring is 1. The molecule has 0 spiro atoms. The molecule has 5 nitrogen and oxygen atoms in total. The van der Waals surface area contributed by atoms with Crippen molar-refractivity contribution in [1.29, 1.82) is 0 Å². The van der Waals surface area contributed by atoms with Crippen LogP contribution in [0.1, 0.15) is 0 Å². The molecule has 0 amide bonds. The monoisotopic (exact) mass is 316 g/mol. The van der Waals surface area contributed by atoms with Gasteiger partial charge in [-0.25, -0.2) is 21.9 Å². The summed E-state index contributed by atoms with van der Waals surface area (Å²) in [5, 5.41) is 0. The van der Waals surface area contributed by atoms with Crippen molar-refractivity contribution in [2.75, 3.05) is 19.4 Å². The average molecular weight is 316 g/mol. The second-order valence-corrected chi connectivity index (χ2v) is 5.53. The van der Waals surface area contributed by atoms with Gasteiger partial charge in [0.05, 0.1) is 13.7 Å². The Hall–Kier alpha value is -1.55. The topological polar surface area (TPSA) is 81.4 Å². The molecule has 10 heteroatoms. The van der Waals surface area contributed by atoms with Crippen molar-refractivity contribution in [1.82, 2.24) is 4.72 Å². The molecule has 0 saturated heterocycles. The minimum atomic E-state index is -4.47. The number of nitrogens with two attached hydrogens (primary N) is 1. The quantitative estimate of drug-likeness (QED) is 0.615. The van der Waals surface area contributed by atoms with Crippen molar-refractivity contribution in [2.24, 2.45) is 0 Å². The summed E-state index contributed by atoms with van der Waals surface area (Å²) in [5.41, 5.74) is 5.44. The van der Waals surface area contributed by atoms with Gasteiger partial charge in [0.2, 0.25) is 10.0 Å². The molecule has 1 aromatic carbocycles. The van der Waals surface area contributed by atoms with Crippen LogP contribution in [0.3, 0.4) is 0 Å². The first-order valence-corrected chi connectivity index (χ1v) is 6.67. The predicted octanol–water partition coefficient (Wildman–Crippen LogP) is 1.46. The Bertz CT molecular complexity index is 578. The van der Waals surface area contributed by atoms with Gasteiger partial charge in [-0.3, -0.25) is 0 Å². The van der Waals surface area contributed by atoms with Crippen LogP contribution in [0.2, 0.25) is 0 Å². The van der Waals surface area contributed by atoms with E-state index in [1.807, 2.05) is 0 Å². The normalized spacial score (nSPS) is 12.7. The van der Waals surface area contributed by atoms with E-state index in [9.17, 15) is 26.0 Å². The van der Waals surface area contributed by atoms with Crippen molar-refractivity contribution in [2.45, 2.75) is 17.2 Å². The van der Waals surface area contributed by atoms with Crippen LogP contribution in [0.4, 0.5) is 23.2 Å². The summed E-state index contributed by atoms with van der Waals surface area (Å²) in [7, 11) is -3.30. The molecule has 0 aliphatic heterocycles. The number of ether oxygens (including phenoxy) is 1. The third-order valence-corrected chi connectivity index (χ3v) is 3.72. The summed E-state index contributed by atoms with van der Waals surface area (Å²) < 4.78 is 79.2. The van der Waals surface area contributed by atoms with E-state index >= 15 is 0 Å². The van der Waals surface area contributed by atoms with Gasteiger partial charge in [-0.1, -0.05) is 0 Å². The highest BCUT2D eigenvalue weighted by molar-refractivity contribution is 7.89. The molecule has 0 aromatic heterocycles. The van der Waals surface area contributed by atoms with Crippen molar-refractivity contribution in [3.63, 3.8) is 0 Å². The lowest BCUT2D eigenvalue weighted by atomic mass is 10.3. The largest absolute Gasteiger partial charge is 0.495 e. The first kappa shape index (κ1) is 16.5. The van der Waals surface area contributed by atoms with Crippen LogP contribution in [-0.2, 0) is 10.0 Å². The van der Waals surface area contributed by atoms with Crippen LogP contribution < -0.4 is 15.2 Å². The van der Waals surface area contributed by atoms with E-state index in [1.165, 1.54) is 16.9 Å². The van der Waals surface area contributed by atoms with Gasteiger partial charge in [-0.05, 0) is 18.2 Å². The fraction of sp³-hybridized carbons (Fsp3) is 0.400. The average Bonchev–Trinajstić information content (AvgIpc) is 2.36. The third kappa shape index (κ3) is 3.73. The Kier molecular flexibility index (Phi) is 4.81. The molecule has 0 unspecified atom stereocenters. The summed E-state index contributed by atoms with van der Waals surface area (Å²) in [6, 6.07) is 3.53. The zero-order chi connectivity index (χ0) is 15.6. The molecule has 0 bridgehead atoms. The molecular weight excluding hydrogens is 304 g/mol. The maximum absolute atomic E-state index is 12.7. The predicted molar refractivity (Wildman–Crippen MR) is 63.5 cm³/mol. The van der Waals surface area contributed by atoms with E-state index in [-0.39, 0.29) is 11.4 Å². The number of nitrogens with one attached hydrogen (secondary N) is 1. The summed E-state index contributed by atoms with van der Waals surface area (Å²) in [5.74, 6) is -4.62. The van der Waals surface area contributed by atoms with Crippen LogP contribution in [0, 0.1) is 0 Å². The number of hydrogen-bond donors (Lipinski definition) is 2. The smallest absolute Gasteiger partial charge is 0.320 e. The first-order valence-electron chi connectivity index (χ1n) is 5.19. The molecule has 0 atom stereocenters. The number of rotatable bonds is 6. The van der Waals surface area contributed by atoms with Crippen LogP contribution in [-0.4, -0.2) is 34.4 Å². The maximum atomic E-state index is 12.7. The van der Waals surface area contributed by atoms with Crippen molar-refractivity contribution in [3.05, 3.63) is 18.2 Å². The number of sulfonamides is 1. The molecule has 1 rings (SSSR count). The second-order valence-electron chi connectivity index (χ2n) is 3.80. The first-order chi connectivity index (χ1) is 9.10. The highest BCUT2D eigenvalue weighted by Gasteiger charge is 2.41. The lowest BCUT2D eigenvalue weighted by molar-refractivity contribution is -0.122. The molecule has 114 valence electrons. The van der Waals surface area contributed by atoms with E-state index < -0.39 is 33.8 Å². The summed E-state index contributed by atoms with van der Waals surface area (Å²) in [6.07, 6.45) is -3.98. The summed E-state index contributed by atoms with van der Waals surface area (Å²) in [4.78, 5) is -0.509. The fourth-order valence-corrected chi connectivity index (χ4v) is 2.49. The van der Waals surface area contributed by atoms with Crippen molar-refractivity contribution in [3.8, 4) is 5.75 Å². The van der Waals surface area contributed by atoms with Crippen LogP contribution in [0.5, 0.6) is 5.75 Å². The minimum absolute atomic E-state index is 0.0480. The fourth-order valence-electron chi connectivity index (χ4n) is 1.25. The van der Waals surface area contributed by atoms with Crippen molar-refractivity contribution >= 4 is 15.7 Å². The molecule has 0 heterocycles. The van der Waals surface area contributed by atoms with E-state index in [4.69, 9.17) is 10.5 Å². The van der Waals surface area contributed by atoms with Crippen molar-refractivity contribution < 1.29 is 30.7 Å². The van der Waals surface area contributed by atoms with Crippen LogP contribution in [0.15, 0.2) is 23.1 Å². The summed E-state index contributed by atoms with van der Waals surface area (Å²) in [6.45, 7) is -1.73. The van der Waals surface area contributed by atoms with E-state index in [2.05, 4.69) is 0 Å². The highest BCUT2D eigenvalue weighted by atomic mass is 32.2. The van der Waals surface area contributed by atoms with Gasteiger partial charge < -0.3 is 10.5 Å².